The number of nitrogens with one attached hydrogen (secondary N) is 1. The Morgan fingerprint density at radius 1 is 1.38 bits per heavy atom. The molecule has 1 amide bonds. The highest BCUT2D eigenvalue weighted by Crippen LogP contribution is 2.41. The third-order valence-electron chi connectivity index (χ3n) is 4.76. The zero-order valence-corrected chi connectivity index (χ0v) is 16.1. The maximum absolute atomic E-state index is 12.3. The fraction of sp³-hybridized carbons (Fsp3) is 0.524. The molecule has 2 heterocycles. The van der Waals surface area contributed by atoms with Crippen molar-refractivity contribution in [3.63, 3.8) is 0 Å². The number of ether oxygens (including phenoxy) is 2. The van der Waals surface area contributed by atoms with Crippen molar-refractivity contribution in [3.8, 4) is 11.5 Å². The standard InChI is InChI=1S/C21H28N2O3.H2/c1-5-16-14(2)8-6-11-18(22-16)23-19(24)13-25-17-10-7-9-15-12-21(3,4)26-20(15)17;/h7,9-10H,5-6,8,11-13H2,1-4H3,(H,22,23,24);1H. The van der Waals surface area contributed by atoms with Gasteiger partial charge in [-0.2, -0.15) is 0 Å². The summed E-state index contributed by atoms with van der Waals surface area (Å²) in [7, 11) is 0. The van der Waals surface area contributed by atoms with Crippen molar-refractivity contribution in [2.75, 3.05) is 6.61 Å². The van der Waals surface area contributed by atoms with E-state index in [2.05, 4.69) is 38.0 Å². The number of hydrogen-bond donors (Lipinski definition) is 1. The lowest BCUT2D eigenvalue weighted by Crippen LogP contribution is -2.34. The predicted octanol–water partition coefficient (Wildman–Crippen LogP) is 4.41. The van der Waals surface area contributed by atoms with Crippen molar-refractivity contribution >= 4 is 11.7 Å². The summed E-state index contributed by atoms with van der Waals surface area (Å²) in [4.78, 5) is 17.0. The van der Waals surface area contributed by atoms with Crippen LogP contribution in [0.2, 0.25) is 0 Å². The zero-order valence-electron chi connectivity index (χ0n) is 16.1. The topological polar surface area (TPSA) is 59.9 Å². The first-order valence-corrected chi connectivity index (χ1v) is 9.37. The number of fused-ring (bicyclic) bond motifs is 1. The molecule has 0 atom stereocenters. The van der Waals surface area contributed by atoms with Gasteiger partial charge in [-0.1, -0.05) is 24.6 Å². The minimum absolute atomic E-state index is 0. The van der Waals surface area contributed by atoms with E-state index < -0.39 is 0 Å². The molecule has 2 aliphatic rings. The first-order valence-electron chi connectivity index (χ1n) is 9.37. The lowest BCUT2D eigenvalue weighted by Gasteiger charge is -2.18. The highest BCUT2D eigenvalue weighted by atomic mass is 16.5. The van der Waals surface area contributed by atoms with E-state index in [0.717, 1.165) is 54.9 Å². The first kappa shape index (κ1) is 18.5. The number of hydrogen-bond acceptors (Lipinski definition) is 4. The SMILES string of the molecule is CCC1=C(C)CCCC(NC(=O)COc2cccc3c2OC(C)(C)C3)=N1.[HH]. The van der Waals surface area contributed by atoms with Crippen LogP contribution in [0.5, 0.6) is 11.5 Å². The number of para-hydroxylation sites is 1. The summed E-state index contributed by atoms with van der Waals surface area (Å²) in [5.41, 5.74) is 3.27. The van der Waals surface area contributed by atoms with Gasteiger partial charge in [-0.25, -0.2) is 4.99 Å². The Hall–Kier alpha value is -2.30. The van der Waals surface area contributed by atoms with E-state index in [9.17, 15) is 4.79 Å². The lowest BCUT2D eigenvalue weighted by atomic mass is 10.0. The van der Waals surface area contributed by atoms with Crippen LogP contribution in [0.3, 0.4) is 0 Å². The molecule has 1 aromatic carbocycles. The van der Waals surface area contributed by atoms with Crippen molar-refractivity contribution in [2.24, 2.45) is 4.99 Å². The minimum Gasteiger partial charge on any atom is -0.483 e. The fourth-order valence-corrected chi connectivity index (χ4v) is 3.49. The lowest BCUT2D eigenvalue weighted by molar-refractivity contribution is -0.121. The van der Waals surface area contributed by atoms with Gasteiger partial charge in [-0.3, -0.25) is 4.79 Å². The second kappa shape index (κ2) is 7.52. The summed E-state index contributed by atoms with van der Waals surface area (Å²) in [6.07, 6.45) is 4.54. The molecule has 2 aliphatic heterocycles. The molecule has 0 saturated heterocycles. The molecule has 0 saturated carbocycles. The molecular weight excluding hydrogens is 328 g/mol. The molecule has 5 heteroatoms. The van der Waals surface area contributed by atoms with E-state index in [0.29, 0.717) is 5.75 Å². The second-order valence-corrected chi connectivity index (χ2v) is 7.61. The van der Waals surface area contributed by atoms with Gasteiger partial charge in [0.05, 0.1) is 0 Å². The number of carbonyl (C=O) groups is 1. The molecule has 142 valence electrons. The average Bonchev–Trinajstić information content (AvgIpc) is 2.80. The van der Waals surface area contributed by atoms with Gasteiger partial charge < -0.3 is 14.8 Å². The van der Waals surface area contributed by atoms with Crippen molar-refractivity contribution < 1.29 is 15.7 Å². The van der Waals surface area contributed by atoms with Gasteiger partial charge in [0.15, 0.2) is 18.1 Å². The molecule has 0 radical (unpaired) electrons. The van der Waals surface area contributed by atoms with Gasteiger partial charge in [0.25, 0.3) is 5.91 Å². The Labute approximate surface area is 157 Å². The molecule has 0 fully saturated rings. The zero-order chi connectivity index (χ0) is 18.7. The quantitative estimate of drug-likeness (QED) is 0.867. The van der Waals surface area contributed by atoms with E-state index in [1.807, 2.05) is 18.2 Å². The molecule has 0 aromatic heterocycles. The summed E-state index contributed by atoms with van der Waals surface area (Å²) < 4.78 is 11.7. The number of amides is 1. The Balaban J connectivity index is 0.00000261. The van der Waals surface area contributed by atoms with Crippen LogP contribution in [0.25, 0.3) is 0 Å². The van der Waals surface area contributed by atoms with Crippen LogP contribution >= 0.6 is 0 Å². The number of rotatable bonds is 4. The predicted molar refractivity (Wildman–Crippen MR) is 105 cm³/mol. The maximum Gasteiger partial charge on any atom is 0.263 e. The third kappa shape index (κ3) is 4.26. The smallest absolute Gasteiger partial charge is 0.263 e. The van der Waals surface area contributed by atoms with E-state index >= 15 is 0 Å². The molecule has 26 heavy (non-hydrogen) atoms. The normalized spacial score (nSPS) is 18.5. The average molecular weight is 358 g/mol. The van der Waals surface area contributed by atoms with Crippen LogP contribution in [0.1, 0.15) is 60.4 Å². The van der Waals surface area contributed by atoms with Crippen molar-refractivity contribution in [3.05, 3.63) is 35.0 Å². The summed E-state index contributed by atoms with van der Waals surface area (Å²) in [6, 6.07) is 5.82. The van der Waals surface area contributed by atoms with Crippen molar-refractivity contribution in [2.45, 2.75) is 65.4 Å². The second-order valence-electron chi connectivity index (χ2n) is 7.61. The fourth-order valence-electron chi connectivity index (χ4n) is 3.49. The summed E-state index contributed by atoms with van der Waals surface area (Å²) in [6.45, 7) is 8.26. The number of allylic oxidation sites excluding steroid dienone is 2. The molecule has 1 aromatic rings. The molecule has 0 unspecified atom stereocenters. The van der Waals surface area contributed by atoms with Crippen LogP contribution < -0.4 is 14.8 Å². The van der Waals surface area contributed by atoms with E-state index in [1.165, 1.54) is 5.57 Å². The minimum atomic E-state index is -0.236. The van der Waals surface area contributed by atoms with E-state index in [-0.39, 0.29) is 19.5 Å². The number of nitrogens with zero attached hydrogens (tertiary/aromatic N) is 1. The van der Waals surface area contributed by atoms with Crippen molar-refractivity contribution in [1.82, 2.24) is 5.32 Å². The highest BCUT2D eigenvalue weighted by molar-refractivity contribution is 5.99. The largest absolute Gasteiger partial charge is 0.483 e. The van der Waals surface area contributed by atoms with Gasteiger partial charge in [0.2, 0.25) is 0 Å². The molecule has 1 N–H and O–H groups in total. The van der Waals surface area contributed by atoms with Crippen LogP contribution in [-0.2, 0) is 11.2 Å². The van der Waals surface area contributed by atoms with Gasteiger partial charge in [-0.05, 0) is 46.1 Å². The third-order valence-corrected chi connectivity index (χ3v) is 4.76. The van der Waals surface area contributed by atoms with Crippen LogP contribution in [0.15, 0.2) is 34.5 Å². The Bertz CT molecular complexity index is 769. The van der Waals surface area contributed by atoms with Crippen LogP contribution in [0.4, 0.5) is 0 Å². The van der Waals surface area contributed by atoms with Crippen molar-refractivity contribution in [1.29, 1.82) is 0 Å². The maximum atomic E-state index is 12.3. The first-order chi connectivity index (χ1) is 12.4. The van der Waals surface area contributed by atoms with Gasteiger partial charge in [0.1, 0.15) is 11.4 Å². The molecule has 5 nitrogen and oxygen atoms in total. The Morgan fingerprint density at radius 2 is 2.19 bits per heavy atom. The highest BCUT2D eigenvalue weighted by Gasteiger charge is 2.32. The number of amidine groups is 1. The van der Waals surface area contributed by atoms with Gasteiger partial charge >= 0.3 is 0 Å². The van der Waals surface area contributed by atoms with Gasteiger partial charge in [-0.15, -0.1) is 0 Å². The van der Waals surface area contributed by atoms with E-state index in [1.54, 1.807) is 0 Å². The monoisotopic (exact) mass is 358 g/mol. The number of aliphatic imine (C=N–C) groups is 1. The molecule has 0 bridgehead atoms. The summed E-state index contributed by atoms with van der Waals surface area (Å²) in [5, 5.41) is 2.91. The molecule has 0 aliphatic carbocycles. The number of benzene rings is 1. The molecule has 0 spiro atoms. The molecular formula is C21H30N2O3. The Kier molecular flexibility index (Phi) is 5.35. The molecule has 3 rings (SSSR count). The Morgan fingerprint density at radius 3 is 2.96 bits per heavy atom. The van der Waals surface area contributed by atoms with Crippen LogP contribution in [0, 0.1) is 0 Å². The number of carbonyl (C=O) groups excluding carboxylic acids is 1. The summed E-state index contributed by atoms with van der Waals surface area (Å²) >= 11 is 0. The van der Waals surface area contributed by atoms with Gasteiger partial charge in [0, 0.05) is 25.5 Å². The van der Waals surface area contributed by atoms with E-state index in [4.69, 9.17) is 9.47 Å². The van der Waals surface area contributed by atoms with Crippen LogP contribution in [-0.4, -0.2) is 24.0 Å². The summed E-state index contributed by atoms with van der Waals surface area (Å²) in [5.74, 6) is 1.93.